The van der Waals surface area contributed by atoms with Crippen LogP contribution in [0.1, 0.15) is 0 Å². The van der Waals surface area contributed by atoms with E-state index in [9.17, 15) is 8.42 Å². The fourth-order valence-corrected chi connectivity index (χ4v) is 2.76. The first-order valence-corrected chi connectivity index (χ1v) is 7.44. The monoisotopic (exact) mass is 253 g/mol. The van der Waals surface area contributed by atoms with Crippen LogP contribution in [0.25, 0.3) is 10.4 Å². The molecule has 2 aromatic rings. The van der Waals surface area contributed by atoms with Crippen molar-refractivity contribution in [2.24, 2.45) is 0 Å². The zero-order valence-electron chi connectivity index (χ0n) is 8.67. The maximum absolute atomic E-state index is 11.2. The zero-order chi connectivity index (χ0) is 11.6. The topological polar surface area (TPSA) is 46.2 Å². The minimum absolute atomic E-state index is 0.618. The first kappa shape index (κ1) is 11.2. The fraction of sp³-hybridized carbons (Fsp3) is 0.0909. The molecule has 1 aromatic heterocycles. The van der Waals surface area contributed by atoms with Crippen LogP contribution in [0.2, 0.25) is 0 Å². The number of rotatable bonds is 3. The third-order valence-corrected chi connectivity index (χ3v) is 3.50. The van der Waals surface area contributed by atoms with Crippen LogP contribution in [0.5, 0.6) is 0 Å². The van der Waals surface area contributed by atoms with Gasteiger partial charge in [-0.2, -0.15) is 0 Å². The van der Waals surface area contributed by atoms with E-state index in [-0.39, 0.29) is 0 Å². The number of anilines is 1. The van der Waals surface area contributed by atoms with Crippen molar-refractivity contribution in [3.8, 4) is 10.4 Å². The summed E-state index contributed by atoms with van der Waals surface area (Å²) in [4.78, 5) is 1.05. The predicted octanol–water partition coefficient (Wildman–Crippen LogP) is 2.79. The highest BCUT2D eigenvalue weighted by Gasteiger charge is 2.08. The molecular formula is C11H11NO2S2. The van der Waals surface area contributed by atoms with E-state index in [2.05, 4.69) is 4.72 Å². The molecule has 0 saturated carbocycles. The average Bonchev–Trinajstić information content (AvgIpc) is 2.69. The quantitative estimate of drug-likeness (QED) is 0.914. The zero-order valence-corrected chi connectivity index (χ0v) is 10.3. The van der Waals surface area contributed by atoms with Crippen molar-refractivity contribution in [3.63, 3.8) is 0 Å². The second-order valence-electron chi connectivity index (χ2n) is 3.40. The van der Waals surface area contributed by atoms with Crippen LogP contribution in [-0.4, -0.2) is 14.7 Å². The average molecular weight is 253 g/mol. The molecule has 1 N–H and O–H groups in total. The summed E-state index contributed by atoms with van der Waals surface area (Å²) >= 11 is 1.58. The molecule has 0 spiro atoms. The molecule has 0 saturated heterocycles. The Hall–Kier alpha value is -1.33. The van der Waals surface area contributed by atoms with Gasteiger partial charge in [0.15, 0.2) is 0 Å². The number of hydrogen-bond donors (Lipinski definition) is 1. The van der Waals surface area contributed by atoms with Gasteiger partial charge in [0.1, 0.15) is 0 Å². The normalized spacial score (nSPS) is 11.3. The number of sulfonamides is 1. The Kier molecular flexibility index (Phi) is 2.98. The van der Waals surface area contributed by atoms with Crippen molar-refractivity contribution in [2.75, 3.05) is 11.0 Å². The van der Waals surface area contributed by atoms with Crippen molar-refractivity contribution in [3.05, 3.63) is 41.8 Å². The van der Waals surface area contributed by atoms with Gasteiger partial charge in [0.05, 0.1) is 11.9 Å². The molecule has 0 aliphatic carbocycles. The Morgan fingerprint density at radius 2 is 1.88 bits per heavy atom. The van der Waals surface area contributed by atoms with Crippen LogP contribution in [-0.2, 0) is 10.0 Å². The number of benzene rings is 1. The Labute approximate surface area is 98.8 Å². The maximum atomic E-state index is 11.2. The van der Waals surface area contributed by atoms with Crippen molar-refractivity contribution >= 4 is 27.0 Å². The van der Waals surface area contributed by atoms with E-state index in [0.717, 1.165) is 16.7 Å². The van der Waals surface area contributed by atoms with Gasteiger partial charge in [-0.25, -0.2) is 8.42 Å². The van der Waals surface area contributed by atoms with Crippen LogP contribution in [0.15, 0.2) is 41.8 Å². The van der Waals surface area contributed by atoms with Crippen LogP contribution < -0.4 is 4.72 Å². The third kappa shape index (κ3) is 2.62. The summed E-state index contributed by atoms with van der Waals surface area (Å²) in [6, 6.07) is 11.3. The molecule has 0 atom stereocenters. The lowest BCUT2D eigenvalue weighted by Gasteiger charge is -2.08. The lowest BCUT2D eigenvalue weighted by Crippen LogP contribution is -2.10. The van der Waals surface area contributed by atoms with Gasteiger partial charge in [0.25, 0.3) is 0 Å². The first-order valence-electron chi connectivity index (χ1n) is 4.67. The van der Waals surface area contributed by atoms with Gasteiger partial charge in [-0.15, -0.1) is 11.3 Å². The largest absolute Gasteiger partial charge is 0.283 e. The summed E-state index contributed by atoms with van der Waals surface area (Å²) in [7, 11) is -3.24. The molecule has 0 aliphatic rings. The smallest absolute Gasteiger partial charge is 0.229 e. The number of hydrogen-bond acceptors (Lipinski definition) is 3. The van der Waals surface area contributed by atoms with Gasteiger partial charge < -0.3 is 0 Å². The van der Waals surface area contributed by atoms with Gasteiger partial charge in [-0.3, -0.25) is 4.72 Å². The van der Waals surface area contributed by atoms with Gasteiger partial charge in [0, 0.05) is 10.4 Å². The second kappa shape index (κ2) is 4.27. The van der Waals surface area contributed by atoms with E-state index in [1.165, 1.54) is 0 Å². The molecular weight excluding hydrogens is 242 g/mol. The molecule has 16 heavy (non-hydrogen) atoms. The Balaban J connectivity index is 2.47. The van der Waals surface area contributed by atoms with E-state index in [0.29, 0.717) is 5.69 Å². The van der Waals surface area contributed by atoms with E-state index in [1.54, 1.807) is 17.4 Å². The highest BCUT2D eigenvalue weighted by atomic mass is 32.2. The first-order chi connectivity index (χ1) is 7.56. The Morgan fingerprint density at radius 1 is 1.12 bits per heavy atom. The summed E-state index contributed by atoms with van der Waals surface area (Å²) in [6.07, 6.45) is 1.15. The van der Waals surface area contributed by atoms with Gasteiger partial charge in [-0.1, -0.05) is 24.3 Å². The molecule has 5 heteroatoms. The molecule has 84 valence electrons. The molecule has 0 bridgehead atoms. The molecule has 0 fully saturated rings. The predicted molar refractivity (Wildman–Crippen MR) is 68.2 cm³/mol. The van der Waals surface area contributed by atoms with E-state index < -0.39 is 10.0 Å². The molecule has 0 unspecified atom stereocenters. The van der Waals surface area contributed by atoms with Crippen molar-refractivity contribution < 1.29 is 8.42 Å². The Bertz CT molecular complexity index is 574. The summed E-state index contributed by atoms with van der Waals surface area (Å²) in [5.74, 6) is 0. The van der Waals surface area contributed by atoms with Gasteiger partial charge >= 0.3 is 0 Å². The second-order valence-corrected chi connectivity index (χ2v) is 6.09. The lowest BCUT2D eigenvalue weighted by molar-refractivity contribution is 0.607. The molecule has 2 rings (SSSR count). The molecule has 3 nitrogen and oxygen atoms in total. The summed E-state index contributed by atoms with van der Waals surface area (Å²) in [5, 5.41) is 1.96. The lowest BCUT2D eigenvalue weighted by atomic mass is 10.1. The van der Waals surface area contributed by atoms with Crippen molar-refractivity contribution in [1.82, 2.24) is 0 Å². The van der Waals surface area contributed by atoms with Crippen LogP contribution in [0.4, 0.5) is 5.69 Å². The minimum atomic E-state index is -3.24. The molecule has 0 amide bonds. The summed E-state index contributed by atoms with van der Waals surface area (Å²) in [5.41, 5.74) is 1.52. The van der Waals surface area contributed by atoms with Gasteiger partial charge in [0.2, 0.25) is 10.0 Å². The highest BCUT2D eigenvalue weighted by Crippen LogP contribution is 2.31. The fourth-order valence-electron chi connectivity index (χ4n) is 1.42. The van der Waals surface area contributed by atoms with Crippen LogP contribution in [0, 0.1) is 0 Å². The molecule has 0 aliphatic heterocycles. The van der Waals surface area contributed by atoms with E-state index in [1.807, 2.05) is 35.7 Å². The van der Waals surface area contributed by atoms with E-state index >= 15 is 0 Å². The van der Waals surface area contributed by atoms with E-state index in [4.69, 9.17) is 0 Å². The standard InChI is InChI=1S/C11H11NO2S2/c1-16(13,14)12-10-6-3-2-5-9(10)11-7-4-8-15-11/h2-8,12H,1H3. The van der Waals surface area contributed by atoms with Crippen LogP contribution >= 0.6 is 11.3 Å². The SMILES string of the molecule is CS(=O)(=O)Nc1ccccc1-c1cccs1. The Morgan fingerprint density at radius 3 is 2.50 bits per heavy atom. The molecule has 1 aromatic carbocycles. The molecule has 0 radical (unpaired) electrons. The van der Waals surface area contributed by atoms with Crippen molar-refractivity contribution in [1.29, 1.82) is 0 Å². The number of para-hydroxylation sites is 1. The highest BCUT2D eigenvalue weighted by molar-refractivity contribution is 7.92. The van der Waals surface area contributed by atoms with Crippen LogP contribution in [0.3, 0.4) is 0 Å². The van der Waals surface area contributed by atoms with Gasteiger partial charge in [-0.05, 0) is 17.5 Å². The number of nitrogens with one attached hydrogen (secondary N) is 1. The third-order valence-electron chi connectivity index (χ3n) is 2.01. The summed E-state index contributed by atoms with van der Waals surface area (Å²) < 4.78 is 24.9. The van der Waals surface area contributed by atoms with Crippen molar-refractivity contribution in [2.45, 2.75) is 0 Å². The summed E-state index contributed by atoms with van der Waals surface area (Å²) in [6.45, 7) is 0. The molecule has 1 heterocycles. The number of thiophene rings is 1. The minimum Gasteiger partial charge on any atom is -0.283 e. The maximum Gasteiger partial charge on any atom is 0.229 e.